The smallest absolute Gasteiger partial charge is 0.128 e. The quantitative estimate of drug-likeness (QED) is 0.760. The number of nitrogens with two attached hydrogens (primary N) is 1. The van der Waals surface area contributed by atoms with Gasteiger partial charge in [-0.25, -0.2) is 0 Å². The van der Waals surface area contributed by atoms with E-state index >= 15 is 0 Å². The number of hydrogen-bond acceptors (Lipinski definition) is 2. The standard InChI is InChI=1S/C10H10ClNO/c1-6(12)10-9-3-2-8(11)4-7(9)5-13-10/h2-6H,12H2,1H3. The first kappa shape index (κ1) is 8.60. The molecule has 2 aromatic rings. The highest BCUT2D eigenvalue weighted by Crippen LogP contribution is 2.27. The fourth-order valence-electron chi connectivity index (χ4n) is 1.40. The third-order valence-corrected chi connectivity index (χ3v) is 2.24. The van der Waals surface area contributed by atoms with E-state index in [1.807, 2.05) is 25.1 Å². The zero-order valence-electron chi connectivity index (χ0n) is 7.25. The molecular weight excluding hydrogens is 186 g/mol. The van der Waals surface area contributed by atoms with Gasteiger partial charge in [-0.05, 0) is 25.1 Å². The minimum Gasteiger partial charge on any atom is -0.466 e. The lowest BCUT2D eigenvalue weighted by Gasteiger charge is -2.00. The predicted octanol–water partition coefficient (Wildman–Crippen LogP) is 3.11. The van der Waals surface area contributed by atoms with Gasteiger partial charge in [-0.1, -0.05) is 11.6 Å². The monoisotopic (exact) mass is 195 g/mol. The molecule has 13 heavy (non-hydrogen) atoms. The van der Waals surface area contributed by atoms with Crippen LogP contribution in [0.25, 0.3) is 10.8 Å². The summed E-state index contributed by atoms with van der Waals surface area (Å²) in [5, 5.41) is 2.75. The van der Waals surface area contributed by atoms with Crippen molar-refractivity contribution in [2.75, 3.05) is 0 Å². The Hall–Kier alpha value is -0.990. The van der Waals surface area contributed by atoms with E-state index in [4.69, 9.17) is 21.8 Å². The van der Waals surface area contributed by atoms with Gasteiger partial charge in [0.1, 0.15) is 5.76 Å². The predicted molar refractivity (Wildman–Crippen MR) is 53.8 cm³/mol. The Morgan fingerprint density at radius 2 is 2.23 bits per heavy atom. The van der Waals surface area contributed by atoms with Crippen molar-refractivity contribution in [1.29, 1.82) is 0 Å². The van der Waals surface area contributed by atoms with Gasteiger partial charge < -0.3 is 10.2 Å². The Labute approximate surface area is 81.3 Å². The summed E-state index contributed by atoms with van der Waals surface area (Å²) in [4.78, 5) is 0. The van der Waals surface area contributed by atoms with Crippen molar-refractivity contribution in [3.63, 3.8) is 0 Å². The molecular formula is C10H10ClNO. The summed E-state index contributed by atoms with van der Waals surface area (Å²) >= 11 is 5.83. The summed E-state index contributed by atoms with van der Waals surface area (Å²) in [5.41, 5.74) is 5.74. The molecule has 68 valence electrons. The number of fused-ring (bicyclic) bond motifs is 1. The first-order chi connectivity index (χ1) is 6.18. The largest absolute Gasteiger partial charge is 0.466 e. The second-order valence-electron chi connectivity index (χ2n) is 3.12. The highest BCUT2D eigenvalue weighted by molar-refractivity contribution is 6.31. The summed E-state index contributed by atoms with van der Waals surface area (Å²) < 4.78 is 5.35. The number of furan rings is 1. The Kier molecular flexibility index (Phi) is 2.02. The van der Waals surface area contributed by atoms with E-state index in [-0.39, 0.29) is 6.04 Å². The van der Waals surface area contributed by atoms with Crippen LogP contribution in [0.4, 0.5) is 0 Å². The van der Waals surface area contributed by atoms with Crippen LogP contribution >= 0.6 is 11.6 Å². The average molecular weight is 196 g/mol. The highest BCUT2D eigenvalue weighted by atomic mass is 35.5. The second kappa shape index (κ2) is 3.05. The maximum atomic E-state index is 5.83. The third kappa shape index (κ3) is 1.43. The van der Waals surface area contributed by atoms with Gasteiger partial charge in [0.25, 0.3) is 0 Å². The normalized spacial score (nSPS) is 13.5. The Morgan fingerprint density at radius 3 is 2.92 bits per heavy atom. The van der Waals surface area contributed by atoms with Crippen molar-refractivity contribution in [1.82, 2.24) is 0 Å². The molecule has 1 aromatic heterocycles. The van der Waals surface area contributed by atoms with Crippen LogP contribution in [0.15, 0.2) is 28.9 Å². The van der Waals surface area contributed by atoms with E-state index in [9.17, 15) is 0 Å². The number of rotatable bonds is 1. The summed E-state index contributed by atoms with van der Waals surface area (Å²) in [5.74, 6) is 0.812. The molecule has 1 aromatic carbocycles. The van der Waals surface area contributed by atoms with Crippen LogP contribution in [-0.4, -0.2) is 0 Å². The molecule has 0 amide bonds. The number of hydrogen-bond donors (Lipinski definition) is 1. The lowest BCUT2D eigenvalue weighted by Crippen LogP contribution is -2.03. The Bertz CT molecular complexity index is 433. The SMILES string of the molecule is CC(N)c1occ2cc(Cl)ccc12. The molecule has 1 atom stereocenters. The first-order valence-corrected chi connectivity index (χ1v) is 4.48. The summed E-state index contributed by atoms with van der Waals surface area (Å²) in [6.45, 7) is 1.90. The molecule has 2 rings (SSSR count). The highest BCUT2D eigenvalue weighted by Gasteiger charge is 2.09. The van der Waals surface area contributed by atoms with Crippen LogP contribution in [0, 0.1) is 0 Å². The van der Waals surface area contributed by atoms with Gasteiger partial charge in [0.15, 0.2) is 0 Å². The molecule has 0 radical (unpaired) electrons. The summed E-state index contributed by atoms with van der Waals surface area (Å²) in [6, 6.07) is 5.55. The fraction of sp³-hybridized carbons (Fsp3) is 0.200. The minimum absolute atomic E-state index is 0.0846. The van der Waals surface area contributed by atoms with Crippen molar-refractivity contribution in [3.05, 3.63) is 35.2 Å². The maximum Gasteiger partial charge on any atom is 0.128 e. The molecule has 1 unspecified atom stereocenters. The van der Waals surface area contributed by atoms with Crippen molar-refractivity contribution in [2.45, 2.75) is 13.0 Å². The van der Waals surface area contributed by atoms with Crippen LogP contribution in [0.1, 0.15) is 18.7 Å². The fourth-order valence-corrected chi connectivity index (χ4v) is 1.58. The van der Waals surface area contributed by atoms with Gasteiger partial charge in [0.05, 0.1) is 12.3 Å². The maximum absolute atomic E-state index is 5.83. The Morgan fingerprint density at radius 1 is 1.46 bits per heavy atom. The van der Waals surface area contributed by atoms with Crippen molar-refractivity contribution >= 4 is 22.4 Å². The van der Waals surface area contributed by atoms with E-state index < -0.39 is 0 Å². The molecule has 3 heteroatoms. The summed E-state index contributed by atoms with van der Waals surface area (Å²) in [6.07, 6.45) is 1.68. The number of halogens is 1. The van der Waals surface area contributed by atoms with E-state index in [0.29, 0.717) is 5.02 Å². The van der Waals surface area contributed by atoms with Gasteiger partial charge in [0.2, 0.25) is 0 Å². The van der Waals surface area contributed by atoms with E-state index in [1.54, 1.807) is 6.26 Å². The van der Waals surface area contributed by atoms with Crippen LogP contribution in [0.3, 0.4) is 0 Å². The van der Waals surface area contributed by atoms with Crippen LogP contribution in [0.2, 0.25) is 5.02 Å². The molecule has 0 aliphatic carbocycles. The molecule has 0 saturated carbocycles. The molecule has 0 fully saturated rings. The minimum atomic E-state index is -0.0846. The molecule has 0 saturated heterocycles. The zero-order valence-corrected chi connectivity index (χ0v) is 8.01. The van der Waals surface area contributed by atoms with Gasteiger partial charge in [-0.15, -0.1) is 0 Å². The van der Waals surface area contributed by atoms with E-state index in [0.717, 1.165) is 16.5 Å². The molecule has 0 aliphatic rings. The van der Waals surface area contributed by atoms with E-state index in [1.165, 1.54) is 0 Å². The first-order valence-electron chi connectivity index (χ1n) is 4.10. The Balaban J connectivity index is 2.69. The average Bonchev–Trinajstić information content (AvgIpc) is 2.46. The van der Waals surface area contributed by atoms with Crippen molar-refractivity contribution in [2.24, 2.45) is 5.73 Å². The molecule has 2 nitrogen and oxygen atoms in total. The van der Waals surface area contributed by atoms with Crippen molar-refractivity contribution in [3.8, 4) is 0 Å². The van der Waals surface area contributed by atoms with Crippen LogP contribution in [0.5, 0.6) is 0 Å². The van der Waals surface area contributed by atoms with Crippen LogP contribution < -0.4 is 5.73 Å². The van der Waals surface area contributed by atoms with Crippen molar-refractivity contribution < 1.29 is 4.42 Å². The number of benzene rings is 1. The van der Waals surface area contributed by atoms with Gasteiger partial charge in [0, 0.05) is 15.8 Å². The zero-order chi connectivity index (χ0) is 9.42. The second-order valence-corrected chi connectivity index (χ2v) is 3.56. The lowest BCUT2D eigenvalue weighted by atomic mass is 10.1. The van der Waals surface area contributed by atoms with E-state index in [2.05, 4.69) is 0 Å². The molecule has 0 bridgehead atoms. The molecule has 0 spiro atoms. The topological polar surface area (TPSA) is 39.2 Å². The van der Waals surface area contributed by atoms with Gasteiger partial charge in [-0.2, -0.15) is 0 Å². The molecule has 0 aliphatic heterocycles. The lowest BCUT2D eigenvalue weighted by molar-refractivity contribution is 0.485. The van der Waals surface area contributed by atoms with Crippen LogP contribution in [-0.2, 0) is 0 Å². The summed E-state index contributed by atoms with van der Waals surface area (Å²) in [7, 11) is 0. The molecule has 2 N–H and O–H groups in total. The van der Waals surface area contributed by atoms with Gasteiger partial charge in [-0.3, -0.25) is 0 Å². The van der Waals surface area contributed by atoms with Gasteiger partial charge >= 0.3 is 0 Å². The third-order valence-electron chi connectivity index (χ3n) is 2.01. The molecule has 1 heterocycles.